The molecule has 0 aliphatic carbocycles. The van der Waals surface area contributed by atoms with Gasteiger partial charge in [-0.05, 0) is 48.4 Å². The van der Waals surface area contributed by atoms with Gasteiger partial charge in [-0.1, -0.05) is 18.2 Å². The molecule has 0 aliphatic heterocycles. The maximum atomic E-state index is 13.7. The van der Waals surface area contributed by atoms with Crippen molar-refractivity contribution in [2.75, 3.05) is 43.2 Å². The summed E-state index contributed by atoms with van der Waals surface area (Å²) in [5, 5.41) is 5.31. The van der Waals surface area contributed by atoms with Gasteiger partial charge in [0, 0.05) is 12.6 Å². The normalized spacial score (nSPS) is 11.0. The average molecular weight is 548 g/mol. The first-order valence-electron chi connectivity index (χ1n) is 11.3. The number of ether oxygens (including phenoxy) is 2. The van der Waals surface area contributed by atoms with Gasteiger partial charge < -0.3 is 20.1 Å². The first-order chi connectivity index (χ1) is 18.0. The minimum Gasteiger partial charge on any atom is -0.493 e. The Balaban J connectivity index is 1.68. The molecular weight excluding hydrogens is 520 g/mol. The number of carbonyl (C=O) groups excluding carboxylic acids is 2. The van der Waals surface area contributed by atoms with Crippen LogP contribution in [0.25, 0.3) is 0 Å². The maximum absolute atomic E-state index is 13.7. The number of benzene rings is 3. The van der Waals surface area contributed by atoms with Crippen molar-refractivity contribution in [1.29, 1.82) is 0 Å². The Morgan fingerprint density at radius 3 is 2.29 bits per heavy atom. The van der Waals surface area contributed by atoms with Crippen molar-refractivity contribution in [3.63, 3.8) is 0 Å². The molecule has 0 spiro atoms. The molecule has 12 heteroatoms. The SMILES string of the molecule is COc1ccc(CCNC(=O)c2ccccc2NC(=O)CN(c2ccc(F)c(F)c2)S(C)(=O)=O)cc1OC. The third-order valence-corrected chi connectivity index (χ3v) is 6.61. The number of nitrogens with one attached hydrogen (secondary N) is 2. The summed E-state index contributed by atoms with van der Waals surface area (Å²) in [6.07, 6.45) is 1.33. The summed E-state index contributed by atoms with van der Waals surface area (Å²) >= 11 is 0. The van der Waals surface area contributed by atoms with Crippen molar-refractivity contribution in [3.05, 3.63) is 83.4 Å². The Hall–Kier alpha value is -4.19. The molecule has 0 fully saturated rings. The average Bonchev–Trinajstić information content (AvgIpc) is 2.88. The molecule has 3 rings (SSSR count). The number of sulfonamides is 1. The first kappa shape index (κ1) is 28.4. The fourth-order valence-electron chi connectivity index (χ4n) is 3.60. The second-order valence-electron chi connectivity index (χ2n) is 8.16. The van der Waals surface area contributed by atoms with Crippen LogP contribution in [0.4, 0.5) is 20.2 Å². The predicted octanol–water partition coefficient (Wildman–Crippen LogP) is 3.36. The number of para-hydroxylation sites is 1. The minimum atomic E-state index is -4.02. The van der Waals surface area contributed by atoms with Gasteiger partial charge in [-0.25, -0.2) is 17.2 Å². The molecule has 0 aliphatic rings. The number of nitrogens with zero attached hydrogens (tertiary/aromatic N) is 1. The van der Waals surface area contributed by atoms with Gasteiger partial charge in [0.15, 0.2) is 23.1 Å². The molecule has 0 saturated carbocycles. The summed E-state index contributed by atoms with van der Waals surface area (Å²) in [5.41, 5.74) is 0.997. The second kappa shape index (κ2) is 12.4. The standard InChI is InChI=1S/C26H27F2N3O6S/c1-36-23-11-8-17(14-24(23)37-2)12-13-29-26(33)19-6-4-5-7-22(19)30-25(32)16-31(38(3,34)35)18-9-10-20(27)21(28)15-18/h4-11,14-15H,12-13,16H2,1-3H3,(H,29,33)(H,30,32). The zero-order valence-corrected chi connectivity index (χ0v) is 21.8. The van der Waals surface area contributed by atoms with Gasteiger partial charge in [0.2, 0.25) is 15.9 Å². The van der Waals surface area contributed by atoms with Crippen molar-refractivity contribution < 1.29 is 36.3 Å². The Labute approximate surface area is 219 Å². The fourth-order valence-corrected chi connectivity index (χ4v) is 4.45. The summed E-state index contributed by atoms with van der Waals surface area (Å²) < 4.78 is 62.6. The third kappa shape index (κ3) is 7.19. The van der Waals surface area contributed by atoms with Crippen molar-refractivity contribution in [2.45, 2.75) is 6.42 Å². The van der Waals surface area contributed by atoms with E-state index in [0.29, 0.717) is 28.3 Å². The van der Waals surface area contributed by atoms with Crippen molar-refractivity contribution >= 4 is 33.2 Å². The van der Waals surface area contributed by atoms with Crippen LogP contribution in [0.2, 0.25) is 0 Å². The number of hydrogen-bond donors (Lipinski definition) is 2. The van der Waals surface area contributed by atoms with Gasteiger partial charge in [-0.3, -0.25) is 13.9 Å². The number of amides is 2. The third-order valence-electron chi connectivity index (χ3n) is 5.47. The van der Waals surface area contributed by atoms with Crippen molar-refractivity contribution in [2.24, 2.45) is 0 Å². The molecular formula is C26H27F2N3O6S. The lowest BCUT2D eigenvalue weighted by Gasteiger charge is -2.22. The number of rotatable bonds is 11. The first-order valence-corrected chi connectivity index (χ1v) is 13.2. The number of hydrogen-bond acceptors (Lipinski definition) is 6. The molecule has 9 nitrogen and oxygen atoms in total. The molecule has 2 N–H and O–H groups in total. The van der Waals surface area contributed by atoms with Gasteiger partial charge >= 0.3 is 0 Å². The van der Waals surface area contributed by atoms with Gasteiger partial charge in [0.1, 0.15) is 6.54 Å². The molecule has 0 heterocycles. The van der Waals surface area contributed by atoms with Crippen molar-refractivity contribution in [3.8, 4) is 11.5 Å². The highest BCUT2D eigenvalue weighted by atomic mass is 32.2. The molecule has 2 amide bonds. The molecule has 0 aromatic heterocycles. The van der Waals surface area contributed by atoms with Crippen LogP contribution in [0.1, 0.15) is 15.9 Å². The van der Waals surface area contributed by atoms with Crippen LogP contribution in [0, 0.1) is 11.6 Å². The van der Waals surface area contributed by atoms with Crippen LogP contribution >= 0.6 is 0 Å². The van der Waals surface area contributed by atoms with Crippen LogP contribution in [0.5, 0.6) is 11.5 Å². The van der Waals surface area contributed by atoms with Crippen LogP contribution in [-0.4, -0.2) is 53.8 Å². The maximum Gasteiger partial charge on any atom is 0.253 e. The lowest BCUT2D eigenvalue weighted by Crippen LogP contribution is -2.38. The lowest BCUT2D eigenvalue weighted by atomic mass is 10.1. The van der Waals surface area contributed by atoms with E-state index in [9.17, 15) is 26.8 Å². The van der Waals surface area contributed by atoms with Crippen LogP contribution in [-0.2, 0) is 21.2 Å². The quantitative estimate of drug-likeness (QED) is 0.381. The van der Waals surface area contributed by atoms with Gasteiger partial charge in [0.25, 0.3) is 5.91 Å². The fraction of sp³-hybridized carbons (Fsp3) is 0.231. The molecule has 0 radical (unpaired) electrons. The zero-order valence-electron chi connectivity index (χ0n) is 21.0. The minimum absolute atomic E-state index is 0.153. The summed E-state index contributed by atoms with van der Waals surface area (Å²) in [7, 11) is -0.956. The van der Waals surface area contributed by atoms with E-state index in [1.807, 2.05) is 6.07 Å². The Morgan fingerprint density at radius 1 is 0.921 bits per heavy atom. The Morgan fingerprint density at radius 2 is 1.63 bits per heavy atom. The molecule has 38 heavy (non-hydrogen) atoms. The van der Waals surface area contributed by atoms with Crippen molar-refractivity contribution in [1.82, 2.24) is 5.32 Å². The monoisotopic (exact) mass is 547 g/mol. The number of anilines is 2. The largest absolute Gasteiger partial charge is 0.493 e. The predicted molar refractivity (Wildman–Crippen MR) is 139 cm³/mol. The molecule has 3 aromatic carbocycles. The number of methoxy groups -OCH3 is 2. The molecule has 0 atom stereocenters. The molecule has 202 valence electrons. The summed E-state index contributed by atoms with van der Waals surface area (Å²) in [4.78, 5) is 25.6. The van der Waals surface area contributed by atoms with Crippen LogP contribution in [0.3, 0.4) is 0 Å². The van der Waals surface area contributed by atoms with E-state index in [1.54, 1.807) is 24.3 Å². The van der Waals surface area contributed by atoms with E-state index in [2.05, 4.69) is 10.6 Å². The highest BCUT2D eigenvalue weighted by Crippen LogP contribution is 2.27. The van der Waals surface area contributed by atoms with Crippen LogP contribution in [0.15, 0.2) is 60.7 Å². The smallest absolute Gasteiger partial charge is 0.253 e. The molecule has 0 saturated heterocycles. The number of carbonyl (C=O) groups is 2. The summed E-state index contributed by atoms with van der Waals surface area (Å²) in [5.74, 6) is -2.50. The van der Waals surface area contributed by atoms with Gasteiger partial charge in [0.05, 0.1) is 37.4 Å². The highest BCUT2D eigenvalue weighted by Gasteiger charge is 2.23. The zero-order chi connectivity index (χ0) is 27.9. The van der Waals surface area contributed by atoms with E-state index in [0.717, 1.165) is 24.0 Å². The summed E-state index contributed by atoms with van der Waals surface area (Å²) in [6, 6.07) is 14.1. The van der Waals surface area contributed by atoms with Crippen LogP contribution < -0.4 is 24.4 Å². The summed E-state index contributed by atoms with van der Waals surface area (Å²) in [6.45, 7) is -0.437. The Bertz CT molecular complexity index is 1430. The highest BCUT2D eigenvalue weighted by molar-refractivity contribution is 7.92. The van der Waals surface area contributed by atoms with E-state index >= 15 is 0 Å². The van der Waals surface area contributed by atoms with Gasteiger partial charge in [-0.15, -0.1) is 0 Å². The molecule has 3 aromatic rings. The van der Waals surface area contributed by atoms with E-state index < -0.39 is 40.0 Å². The van der Waals surface area contributed by atoms with E-state index in [4.69, 9.17) is 9.47 Å². The lowest BCUT2D eigenvalue weighted by molar-refractivity contribution is -0.114. The second-order valence-corrected chi connectivity index (χ2v) is 10.1. The topological polar surface area (TPSA) is 114 Å². The Kier molecular flexibility index (Phi) is 9.24. The molecule has 0 unspecified atom stereocenters. The molecule has 0 bridgehead atoms. The number of halogens is 2. The van der Waals surface area contributed by atoms with E-state index in [1.165, 1.54) is 26.4 Å². The van der Waals surface area contributed by atoms with E-state index in [-0.39, 0.29) is 23.5 Å². The van der Waals surface area contributed by atoms with Gasteiger partial charge in [-0.2, -0.15) is 0 Å².